The quantitative estimate of drug-likeness (QED) is 0.484. The first-order valence-corrected chi connectivity index (χ1v) is 4.52. The number of rotatable bonds is 0. The molecule has 1 saturated heterocycles. The standard InChI is InChI=1S/C5H9O.HI.Zn/c1-2-4-6-5-3-1;;/h1H,2-5H2;1H;. The van der Waals surface area contributed by atoms with Gasteiger partial charge in [0.25, 0.3) is 0 Å². The van der Waals surface area contributed by atoms with Crippen LogP contribution in [0, 0.1) is 0 Å². The third-order valence-corrected chi connectivity index (χ3v) is 3.05. The molecule has 0 aromatic carbocycles. The van der Waals surface area contributed by atoms with Gasteiger partial charge in [-0.15, -0.1) is 24.0 Å². The van der Waals surface area contributed by atoms with Crippen molar-refractivity contribution in [2.75, 3.05) is 13.2 Å². The molecule has 0 aromatic heterocycles. The van der Waals surface area contributed by atoms with Gasteiger partial charge in [-0.2, -0.15) is 0 Å². The summed E-state index contributed by atoms with van der Waals surface area (Å²) in [7, 11) is 0. The molecule has 0 aliphatic carbocycles. The van der Waals surface area contributed by atoms with Crippen molar-refractivity contribution in [1.82, 2.24) is 0 Å². The van der Waals surface area contributed by atoms with Gasteiger partial charge in [0.2, 0.25) is 0 Å². The van der Waals surface area contributed by atoms with E-state index in [4.69, 9.17) is 4.74 Å². The van der Waals surface area contributed by atoms with Crippen molar-refractivity contribution in [3.05, 3.63) is 0 Å². The second kappa shape index (κ2) is 5.13. The Morgan fingerprint density at radius 2 is 1.75 bits per heavy atom. The summed E-state index contributed by atoms with van der Waals surface area (Å²) in [6.45, 7) is 2.04. The van der Waals surface area contributed by atoms with E-state index in [-0.39, 0.29) is 24.0 Å². The van der Waals surface area contributed by atoms with Gasteiger partial charge < -0.3 is 0 Å². The molecule has 1 fully saturated rings. The van der Waals surface area contributed by atoms with E-state index >= 15 is 0 Å². The van der Waals surface area contributed by atoms with Crippen LogP contribution in [0.2, 0.25) is 4.51 Å². The van der Waals surface area contributed by atoms with Crippen molar-refractivity contribution in [2.24, 2.45) is 0 Å². The zero-order valence-electron chi connectivity index (χ0n) is 4.93. The van der Waals surface area contributed by atoms with Gasteiger partial charge in [-0.3, -0.25) is 0 Å². The molecule has 0 atom stereocenters. The summed E-state index contributed by atoms with van der Waals surface area (Å²) in [4.78, 5) is 0. The van der Waals surface area contributed by atoms with Crippen LogP contribution < -0.4 is 0 Å². The molecule has 0 saturated carbocycles. The van der Waals surface area contributed by atoms with Crippen molar-refractivity contribution in [3.63, 3.8) is 0 Å². The van der Waals surface area contributed by atoms with Gasteiger partial charge in [-0.25, -0.2) is 0 Å². The van der Waals surface area contributed by atoms with E-state index in [1.54, 1.807) is 0 Å². The van der Waals surface area contributed by atoms with Gasteiger partial charge in [0, 0.05) is 0 Å². The van der Waals surface area contributed by atoms with Crippen LogP contribution >= 0.6 is 24.0 Å². The van der Waals surface area contributed by atoms with Gasteiger partial charge in [0.1, 0.15) is 0 Å². The summed E-state index contributed by atoms with van der Waals surface area (Å²) >= 11 is 1.46. The van der Waals surface area contributed by atoms with Gasteiger partial charge in [-0.1, -0.05) is 0 Å². The Morgan fingerprint density at radius 3 is 2.00 bits per heavy atom. The molecule has 1 aliphatic heterocycles. The zero-order chi connectivity index (χ0) is 5.11. The van der Waals surface area contributed by atoms with Crippen LogP contribution in [0.15, 0.2) is 0 Å². The van der Waals surface area contributed by atoms with E-state index in [1.165, 1.54) is 31.1 Å². The first-order chi connectivity index (χ1) is 3.39. The average Bonchev–Trinajstić information content (AvgIpc) is 1.69. The minimum absolute atomic E-state index is 0. The van der Waals surface area contributed by atoms with Crippen molar-refractivity contribution >= 4 is 24.0 Å². The number of hydrogen-bond donors (Lipinski definition) is 0. The van der Waals surface area contributed by atoms with Crippen molar-refractivity contribution in [3.8, 4) is 0 Å². The number of ether oxygens (including phenoxy) is 1. The fourth-order valence-corrected chi connectivity index (χ4v) is 1.45. The molecular formula is C5H10IOZn. The van der Waals surface area contributed by atoms with Gasteiger partial charge >= 0.3 is 53.6 Å². The first kappa shape index (κ1) is 9.31. The molecule has 45 valence electrons. The summed E-state index contributed by atoms with van der Waals surface area (Å²) in [5.41, 5.74) is 0. The van der Waals surface area contributed by atoms with Crippen LogP contribution in [-0.4, -0.2) is 13.2 Å². The van der Waals surface area contributed by atoms with Crippen LogP contribution in [0.25, 0.3) is 0 Å². The topological polar surface area (TPSA) is 9.23 Å². The predicted molar refractivity (Wildman–Crippen MR) is 39.2 cm³/mol. The molecule has 1 nitrogen and oxygen atoms in total. The summed E-state index contributed by atoms with van der Waals surface area (Å²) in [6, 6.07) is 0. The molecule has 1 rings (SSSR count). The number of hydrogen-bond acceptors (Lipinski definition) is 1. The average molecular weight is 278 g/mol. The summed E-state index contributed by atoms with van der Waals surface area (Å²) in [5, 5.41) is 0. The van der Waals surface area contributed by atoms with E-state index in [0.29, 0.717) is 0 Å². The minimum atomic E-state index is 0. The molecule has 3 heteroatoms. The Labute approximate surface area is 77.2 Å². The Hall–Kier alpha value is 1.31. The predicted octanol–water partition coefficient (Wildman–Crippen LogP) is 1.75. The zero-order valence-corrected chi connectivity index (χ0v) is 10.2. The second-order valence-electron chi connectivity index (χ2n) is 2.06. The van der Waals surface area contributed by atoms with Gasteiger partial charge in [0.15, 0.2) is 0 Å². The molecule has 8 heavy (non-hydrogen) atoms. The molecule has 0 spiro atoms. The molecule has 1 heterocycles. The fraction of sp³-hybridized carbons (Fsp3) is 1.00. The van der Waals surface area contributed by atoms with Crippen molar-refractivity contribution in [1.29, 1.82) is 0 Å². The molecular weight excluding hydrogens is 268 g/mol. The summed E-state index contributed by atoms with van der Waals surface area (Å²) in [5.74, 6) is 0. The maximum atomic E-state index is 5.16. The van der Waals surface area contributed by atoms with E-state index in [0.717, 1.165) is 17.7 Å². The van der Waals surface area contributed by atoms with Crippen LogP contribution in [-0.2, 0) is 23.0 Å². The fourth-order valence-electron chi connectivity index (χ4n) is 0.746. The molecule has 1 aliphatic rings. The third-order valence-electron chi connectivity index (χ3n) is 1.34. The first-order valence-electron chi connectivity index (χ1n) is 2.80. The summed E-state index contributed by atoms with van der Waals surface area (Å²) < 4.78 is 6.20. The van der Waals surface area contributed by atoms with E-state index < -0.39 is 0 Å². The Balaban J connectivity index is 0.000000490. The normalized spacial score (nSPS) is 22.2. The SMILES string of the molecule is I.[Zn][CH]1CCOCC1. The van der Waals surface area contributed by atoms with Crippen LogP contribution in [0.3, 0.4) is 0 Å². The third kappa shape index (κ3) is 3.36. The monoisotopic (exact) mass is 277 g/mol. The maximum absolute atomic E-state index is 5.16. The Kier molecular flexibility index (Phi) is 5.97. The second-order valence-corrected chi connectivity index (χ2v) is 4.48. The van der Waals surface area contributed by atoms with E-state index in [9.17, 15) is 0 Å². The van der Waals surface area contributed by atoms with Crippen LogP contribution in [0.5, 0.6) is 0 Å². The Morgan fingerprint density at radius 1 is 1.25 bits per heavy atom. The van der Waals surface area contributed by atoms with E-state index in [2.05, 4.69) is 0 Å². The van der Waals surface area contributed by atoms with Gasteiger partial charge in [-0.05, 0) is 0 Å². The van der Waals surface area contributed by atoms with Crippen molar-refractivity contribution in [2.45, 2.75) is 17.4 Å². The molecule has 0 unspecified atom stereocenters. The van der Waals surface area contributed by atoms with Gasteiger partial charge in [0.05, 0.1) is 0 Å². The molecule has 0 N–H and O–H groups in total. The molecule has 0 amide bonds. The Bertz CT molecular complexity index is 54.4. The van der Waals surface area contributed by atoms with Crippen LogP contribution in [0.4, 0.5) is 0 Å². The van der Waals surface area contributed by atoms with Crippen LogP contribution in [0.1, 0.15) is 12.8 Å². The van der Waals surface area contributed by atoms with E-state index in [1.807, 2.05) is 0 Å². The van der Waals surface area contributed by atoms with Crippen molar-refractivity contribution < 1.29 is 23.0 Å². The molecule has 0 bridgehead atoms. The molecule has 0 aromatic rings. The molecule has 0 radical (unpaired) electrons. The number of halogens is 1. The summed E-state index contributed by atoms with van der Waals surface area (Å²) in [6.07, 6.45) is 2.64.